The Hall–Kier alpha value is -2.32. The van der Waals surface area contributed by atoms with E-state index >= 15 is 0 Å². The first-order chi connectivity index (χ1) is 13.0. The number of ether oxygens (including phenoxy) is 1. The largest absolute Gasteiger partial charge is 0.467 e. The second kappa shape index (κ2) is 8.58. The molecule has 1 aromatic rings. The van der Waals surface area contributed by atoms with Crippen molar-refractivity contribution in [2.24, 2.45) is 0 Å². The standard InChI is InChI=1S/C19H28N4O4/c1-4-22(3)13-8-9-23(11-13)12-14-16(18(24)26-5-2)17(21-19(25)20-14)15-7-6-10-27-15/h6-7,10,13,17H,4-5,8-9,11-12H2,1-3H3,(H2,20,21,25)/t13-,17-/m0/s1. The van der Waals surface area contributed by atoms with Gasteiger partial charge in [-0.25, -0.2) is 9.59 Å². The van der Waals surface area contributed by atoms with Gasteiger partial charge in [0, 0.05) is 31.4 Å². The van der Waals surface area contributed by atoms with Gasteiger partial charge in [0.25, 0.3) is 0 Å². The number of hydrogen-bond acceptors (Lipinski definition) is 6. The summed E-state index contributed by atoms with van der Waals surface area (Å²) in [5.74, 6) is 0.0678. The van der Waals surface area contributed by atoms with E-state index in [9.17, 15) is 9.59 Å². The molecule has 3 rings (SSSR count). The van der Waals surface area contributed by atoms with E-state index in [0.29, 0.717) is 29.6 Å². The number of carbonyl (C=O) groups excluding carboxylic acids is 2. The molecule has 1 fully saturated rings. The van der Waals surface area contributed by atoms with Gasteiger partial charge in [-0.3, -0.25) is 4.90 Å². The molecule has 1 saturated heterocycles. The molecule has 2 aliphatic rings. The number of esters is 1. The van der Waals surface area contributed by atoms with Crippen molar-refractivity contribution < 1.29 is 18.7 Å². The van der Waals surface area contributed by atoms with Gasteiger partial charge in [-0.15, -0.1) is 0 Å². The molecule has 2 atom stereocenters. The van der Waals surface area contributed by atoms with Gasteiger partial charge in [-0.2, -0.15) is 0 Å². The quantitative estimate of drug-likeness (QED) is 0.701. The molecule has 2 aliphatic heterocycles. The van der Waals surface area contributed by atoms with Gasteiger partial charge in [0.1, 0.15) is 11.8 Å². The fourth-order valence-electron chi connectivity index (χ4n) is 3.66. The summed E-state index contributed by atoms with van der Waals surface area (Å²) in [6.07, 6.45) is 2.60. The molecule has 27 heavy (non-hydrogen) atoms. The molecule has 0 aliphatic carbocycles. The Bertz CT molecular complexity index is 701. The average Bonchev–Trinajstić information content (AvgIpc) is 3.32. The molecule has 2 amide bonds. The third kappa shape index (κ3) is 4.33. The minimum atomic E-state index is -0.653. The number of likely N-dealkylation sites (N-methyl/N-ethyl adjacent to an activating group) is 1. The van der Waals surface area contributed by atoms with Crippen molar-refractivity contribution >= 4 is 12.0 Å². The Morgan fingerprint density at radius 3 is 2.93 bits per heavy atom. The van der Waals surface area contributed by atoms with Gasteiger partial charge >= 0.3 is 12.0 Å². The zero-order valence-electron chi connectivity index (χ0n) is 16.2. The van der Waals surface area contributed by atoms with Crippen molar-refractivity contribution in [1.29, 1.82) is 0 Å². The Balaban J connectivity index is 1.86. The van der Waals surface area contributed by atoms with E-state index in [0.717, 1.165) is 26.1 Å². The van der Waals surface area contributed by atoms with Crippen molar-refractivity contribution in [2.45, 2.75) is 32.4 Å². The highest BCUT2D eigenvalue weighted by Crippen LogP contribution is 2.29. The number of nitrogens with one attached hydrogen (secondary N) is 2. The third-order valence-corrected chi connectivity index (χ3v) is 5.23. The summed E-state index contributed by atoms with van der Waals surface area (Å²) in [4.78, 5) is 29.5. The second-order valence-corrected chi connectivity index (χ2v) is 6.91. The summed E-state index contributed by atoms with van der Waals surface area (Å²) in [5, 5.41) is 5.58. The SMILES string of the molecule is CCOC(=O)C1=C(CN2CC[C@H](N(C)CC)C2)NC(=O)N[C@H]1c1ccco1. The fourth-order valence-corrected chi connectivity index (χ4v) is 3.66. The van der Waals surface area contributed by atoms with Crippen molar-refractivity contribution in [3.05, 3.63) is 35.4 Å². The topological polar surface area (TPSA) is 87.0 Å². The Morgan fingerprint density at radius 1 is 1.44 bits per heavy atom. The van der Waals surface area contributed by atoms with Crippen LogP contribution >= 0.6 is 0 Å². The molecule has 0 spiro atoms. The van der Waals surface area contributed by atoms with Gasteiger partial charge < -0.3 is 24.7 Å². The van der Waals surface area contributed by atoms with Gasteiger partial charge in [0.2, 0.25) is 0 Å². The van der Waals surface area contributed by atoms with Crippen molar-refractivity contribution in [2.75, 3.05) is 39.8 Å². The fraction of sp³-hybridized carbons (Fsp3) is 0.579. The van der Waals surface area contributed by atoms with Crippen LogP contribution in [-0.4, -0.2) is 67.7 Å². The van der Waals surface area contributed by atoms with Crippen LogP contribution in [0, 0.1) is 0 Å². The van der Waals surface area contributed by atoms with Crippen LogP contribution in [0.25, 0.3) is 0 Å². The Kier molecular flexibility index (Phi) is 6.18. The van der Waals surface area contributed by atoms with Crippen LogP contribution in [0.4, 0.5) is 4.79 Å². The number of furan rings is 1. The molecule has 3 heterocycles. The molecule has 8 nitrogen and oxygen atoms in total. The van der Waals surface area contributed by atoms with E-state index in [1.807, 2.05) is 0 Å². The van der Waals surface area contributed by atoms with E-state index < -0.39 is 12.0 Å². The van der Waals surface area contributed by atoms with Crippen LogP contribution in [0.2, 0.25) is 0 Å². The molecule has 8 heteroatoms. The maximum atomic E-state index is 12.7. The lowest BCUT2D eigenvalue weighted by Crippen LogP contribution is -2.48. The molecule has 0 unspecified atom stereocenters. The molecule has 0 aromatic carbocycles. The zero-order chi connectivity index (χ0) is 19.4. The Morgan fingerprint density at radius 2 is 2.26 bits per heavy atom. The van der Waals surface area contributed by atoms with E-state index in [2.05, 4.69) is 34.4 Å². The summed E-state index contributed by atoms with van der Waals surface area (Å²) in [5.41, 5.74) is 0.983. The lowest BCUT2D eigenvalue weighted by molar-refractivity contribution is -0.139. The number of hydrogen-bond donors (Lipinski definition) is 2. The number of rotatable bonds is 7. The predicted molar refractivity (Wildman–Crippen MR) is 99.9 cm³/mol. The number of amides is 2. The third-order valence-electron chi connectivity index (χ3n) is 5.23. The molecule has 0 bridgehead atoms. The molecule has 1 aromatic heterocycles. The normalized spacial score (nSPS) is 23.5. The molecule has 0 saturated carbocycles. The molecule has 0 radical (unpaired) electrons. The molecule has 2 N–H and O–H groups in total. The van der Waals surface area contributed by atoms with E-state index in [4.69, 9.17) is 9.15 Å². The monoisotopic (exact) mass is 376 g/mol. The van der Waals surface area contributed by atoms with Crippen molar-refractivity contribution in [1.82, 2.24) is 20.4 Å². The molecule has 148 valence electrons. The zero-order valence-corrected chi connectivity index (χ0v) is 16.2. The first kappa shape index (κ1) is 19.4. The first-order valence-electron chi connectivity index (χ1n) is 9.47. The van der Waals surface area contributed by atoms with E-state index in [1.54, 1.807) is 19.1 Å². The van der Waals surface area contributed by atoms with E-state index in [-0.39, 0.29) is 12.6 Å². The van der Waals surface area contributed by atoms with Gasteiger partial charge in [-0.05, 0) is 39.1 Å². The summed E-state index contributed by atoms with van der Waals surface area (Å²) < 4.78 is 10.7. The van der Waals surface area contributed by atoms with E-state index in [1.165, 1.54) is 6.26 Å². The predicted octanol–water partition coefficient (Wildman–Crippen LogP) is 1.48. The van der Waals surface area contributed by atoms with Gasteiger partial charge in [0.15, 0.2) is 0 Å². The number of likely N-dealkylation sites (tertiary alicyclic amines) is 1. The smallest absolute Gasteiger partial charge is 0.338 e. The maximum Gasteiger partial charge on any atom is 0.338 e. The Labute approximate surface area is 159 Å². The van der Waals surface area contributed by atoms with Crippen LogP contribution in [0.15, 0.2) is 34.1 Å². The number of nitrogens with zero attached hydrogens (tertiary/aromatic N) is 2. The summed E-state index contributed by atoms with van der Waals surface area (Å²) in [6.45, 7) is 7.48. The average molecular weight is 376 g/mol. The summed E-state index contributed by atoms with van der Waals surface area (Å²) >= 11 is 0. The highest BCUT2D eigenvalue weighted by molar-refractivity contribution is 5.95. The first-order valence-corrected chi connectivity index (χ1v) is 9.47. The highest BCUT2D eigenvalue weighted by Gasteiger charge is 2.36. The highest BCUT2D eigenvalue weighted by atomic mass is 16.5. The van der Waals surface area contributed by atoms with Crippen LogP contribution in [0.5, 0.6) is 0 Å². The van der Waals surface area contributed by atoms with Gasteiger partial charge in [-0.1, -0.05) is 6.92 Å². The van der Waals surface area contributed by atoms with Gasteiger partial charge in [0.05, 0.1) is 18.4 Å². The van der Waals surface area contributed by atoms with Crippen molar-refractivity contribution in [3.63, 3.8) is 0 Å². The maximum absolute atomic E-state index is 12.7. The van der Waals surface area contributed by atoms with Crippen LogP contribution in [0.1, 0.15) is 32.1 Å². The van der Waals surface area contributed by atoms with Crippen LogP contribution in [-0.2, 0) is 9.53 Å². The molecular formula is C19H28N4O4. The van der Waals surface area contributed by atoms with Crippen molar-refractivity contribution in [3.8, 4) is 0 Å². The van der Waals surface area contributed by atoms with Crippen LogP contribution < -0.4 is 10.6 Å². The molecular weight excluding hydrogens is 348 g/mol. The van der Waals surface area contributed by atoms with Crippen LogP contribution in [0.3, 0.4) is 0 Å². The number of urea groups is 1. The summed E-state index contributed by atoms with van der Waals surface area (Å²) in [6, 6.07) is 2.97. The lowest BCUT2D eigenvalue weighted by Gasteiger charge is -2.30. The minimum Gasteiger partial charge on any atom is -0.467 e. The number of carbonyl (C=O) groups is 2. The lowest BCUT2D eigenvalue weighted by atomic mass is 10.00. The second-order valence-electron chi connectivity index (χ2n) is 6.91. The summed E-state index contributed by atoms with van der Waals surface area (Å²) in [7, 11) is 2.12. The minimum absolute atomic E-state index is 0.265.